The monoisotopic (exact) mass is 118 g/mol. The van der Waals surface area contributed by atoms with Crippen LogP contribution in [0.2, 0.25) is 0 Å². The molecule has 42 valence electrons. The highest BCUT2D eigenvalue weighted by Gasteiger charge is 1.93. The lowest BCUT2D eigenvalue weighted by Gasteiger charge is -1.85. The Labute approximate surface area is 48.6 Å². The van der Waals surface area contributed by atoms with Gasteiger partial charge in [0.2, 0.25) is 0 Å². The molecule has 0 saturated heterocycles. The van der Waals surface area contributed by atoms with Crippen LogP contribution in [0.1, 0.15) is 2.74 Å². The number of benzene rings is 1. The van der Waals surface area contributed by atoms with Gasteiger partial charge in [-0.1, -0.05) is 12.1 Å². The Kier molecular flexibility index (Phi) is 0.755. The SMILES string of the molecule is [3H]c1cc(F)c(F)cc1[3H]. The van der Waals surface area contributed by atoms with E-state index in [1.54, 1.807) is 0 Å². The van der Waals surface area contributed by atoms with Gasteiger partial charge < -0.3 is 0 Å². The Hall–Kier alpha value is -0.920. The highest BCUT2D eigenvalue weighted by atomic mass is 19.2. The van der Waals surface area contributed by atoms with E-state index in [0.717, 1.165) is 0 Å². The van der Waals surface area contributed by atoms with Crippen molar-refractivity contribution < 1.29 is 11.5 Å². The first-order chi connectivity index (χ1) is 4.61. The molecule has 1 aromatic carbocycles. The summed E-state index contributed by atoms with van der Waals surface area (Å²) >= 11 is 0. The zero-order valence-corrected chi connectivity index (χ0v) is 3.91. The highest BCUT2D eigenvalue weighted by molar-refractivity contribution is 5.05. The van der Waals surface area contributed by atoms with Crippen LogP contribution in [0.5, 0.6) is 0 Å². The largest absolute Gasteiger partial charge is 0.204 e. The van der Waals surface area contributed by atoms with E-state index in [1.165, 1.54) is 0 Å². The van der Waals surface area contributed by atoms with Gasteiger partial charge in [-0.15, -0.1) is 0 Å². The van der Waals surface area contributed by atoms with Gasteiger partial charge in [0.1, 0.15) is 0 Å². The third-order valence-corrected chi connectivity index (χ3v) is 0.709. The maximum atomic E-state index is 12.2. The molecule has 0 unspecified atom stereocenters. The lowest BCUT2D eigenvalue weighted by atomic mass is 10.3. The highest BCUT2D eigenvalue weighted by Crippen LogP contribution is 2.01. The second kappa shape index (κ2) is 1.90. The van der Waals surface area contributed by atoms with Crippen LogP contribution < -0.4 is 0 Å². The molecule has 0 aliphatic heterocycles. The summed E-state index contributed by atoms with van der Waals surface area (Å²) in [5.74, 6) is -2.16. The predicted octanol–water partition coefficient (Wildman–Crippen LogP) is 1.96. The number of halogens is 2. The summed E-state index contributed by atoms with van der Waals surface area (Å²) in [6.07, 6.45) is 0. The van der Waals surface area contributed by atoms with E-state index in [4.69, 9.17) is 2.74 Å². The Balaban J connectivity index is 3.28. The number of rotatable bonds is 0. The van der Waals surface area contributed by atoms with Crippen LogP contribution in [0, 0.1) is 11.6 Å². The molecule has 0 nitrogen and oxygen atoms in total. The van der Waals surface area contributed by atoms with Crippen molar-refractivity contribution in [3.63, 3.8) is 0 Å². The molecule has 0 N–H and O–H groups in total. The maximum absolute atomic E-state index is 12.2. The van der Waals surface area contributed by atoms with Crippen LogP contribution >= 0.6 is 0 Å². The van der Waals surface area contributed by atoms with Gasteiger partial charge in [-0.2, -0.15) is 0 Å². The second-order valence-electron chi connectivity index (χ2n) is 1.27. The standard InChI is InChI=1S/C6H4F2/c7-5-3-1-2-4-6(5)8/h1-4H/i1T,2T. The third-order valence-electron chi connectivity index (χ3n) is 0.709. The van der Waals surface area contributed by atoms with E-state index in [1.807, 2.05) is 0 Å². The van der Waals surface area contributed by atoms with Crippen LogP contribution in [0.4, 0.5) is 8.78 Å². The van der Waals surface area contributed by atoms with Crippen LogP contribution in [0.15, 0.2) is 24.2 Å². The van der Waals surface area contributed by atoms with E-state index in [0.29, 0.717) is 12.1 Å². The first-order valence-corrected chi connectivity index (χ1v) is 2.03. The Morgan fingerprint density at radius 3 is 1.88 bits per heavy atom. The molecule has 0 spiro atoms. The zero-order chi connectivity index (χ0) is 7.72. The minimum atomic E-state index is -1.08. The first-order valence-electron chi connectivity index (χ1n) is 3.03. The van der Waals surface area contributed by atoms with Gasteiger partial charge in [0.15, 0.2) is 11.6 Å². The van der Waals surface area contributed by atoms with E-state index < -0.39 is 11.6 Å². The molecule has 0 heterocycles. The van der Waals surface area contributed by atoms with Crippen LogP contribution in [-0.2, 0) is 0 Å². The van der Waals surface area contributed by atoms with Gasteiger partial charge in [-0.25, -0.2) is 8.78 Å². The summed E-state index contributed by atoms with van der Waals surface area (Å²) in [7, 11) is 0. The van der Waals surface area contributed by atoms with Crippen molar-refractivity contribution in [2.75, 3.05) is 0 Å². The van der Waals surface area contributed by atoms with Crippen molar-refractivity contribution in [1.29, 1.82) is 0 Å². The average molecular weight is 118 g/mol. The van der Waals surface area contributed by atoms with Gasteiger partial charge in [0.25, 0.3) is 0 Å². The predicted molar refractivity (Wildman–Crippen MR) is 26.4 cm³/mol. The minimum Gasteiger partial charge on any atom is -0.204 e. The van der Waals surface area contributed by atoms with Gasteiger partial charge in [0, 0.05) is 0 Å². The Morgan fingerprint density at radius 1 is 1.12 bits per heavy atom. The summed E-state index contributed by atoms with van der Waals surface area (Å²) in [6, 6.07) is 0.743. The summed E-state index contributed by atoms with van der Waals surface area (Å²) in [6.45, 7) is 0. The molecular formula is C6H4F2. The molecule has 0 bridgehead atoms. The molecule has 1 aromatic rings. The normalized spacial score (nSPS) is 12.8. The lowest BCUT2D eigenvalue weighted by molar-refractivity contribution is 0.508. The molecule has 0 aliphatic carbocycles. The van der Waals surface area contributed by atoms with Crippen molar-refractivity contribution in [1.82, 2.24) is 0 Å². The third kappa shape index (κ3) is 0.832. The van der Waals surface area contributed by atoms with Crippen molar-refractivity contribution >= 4 is 0 Å². The maximum Gasteiger partial charge on any atom is 0.158 e. The quantitative estimate of drug-likeness (QED) is 0.488. The molecule has 0 fully saturated rings. The van der Waals surface area contributed by atoms with Crippen molar-refractivity contribution in [3.8, 4) is 0 Å². The van der Waals surface area contributed by atoms with Crippen LogP contribution in [0.3, 0.4) is 0 Å². The first kappa shape index (κ1) is 3.17. The smallest absolute Gasteiger partial charge is 0.158 e. The molecular weight excluding hydrogens is 110 g/mol. The molecule has 2 heteroatoms. The summed E-state index contributed by atoms with van der Waals surface area (Å²) in [4.78, 5) is 0. The molecule has 0 saturated carbocycles. The van der Waals surface area contributed by atoms with E-state index >= 15 is 0 Å². The van der Waals surface area contributed by atoms with Gasteiger partial charge in [-0.05, 0) is 12.1 Å². The van der Waals surface area contributed by atoms with Crippen molar-refractivity contribution in [2.24, 2.45) is 0 Å². The average Bonchev–Trinajstić information content (AvgIpc) is 1.84. The number of hydrogen-bond donors (Lipinski definition) is 0. The lowest BCUT2D eigenvalue weighted by Crippen LogP contribution is -1.77. The van der Waals surface area contributed by atoms with E-state index in [-0.39, 0.29) is 12.1 Å². The summed E-state index contributed by atoms with van der Waals surface area (Å²) < 4.78 is 38.1. The molecule has 0 radical (unpaired) electrons. The summed E-state index contributed by atoms with van der Waals surface area (Å²) in [5, 5.41) is 0. The molecule has 0 amide bonds. The second-order valence-corrected chi connectivity index (χ2v) is 1.27. The van der Waals surface area contributed by atoms with Crippen molar-refractivity contribution in [2.45, 2.75) is 0 Å². The zero-order valence-electron chi connectivity index (χ0n) is 5.91. The minimum absolute atomic E-state index is 0.307. The molecule has 0 atom stereocenters. The fraction of sp³-hybridized carbons (Fsp3) is 0. The van der Waals surface area contributed by atoms with Gasteiger partial charge >= 0.3 is 0 Å². The molecule has 0 aliphatic rings. The van der Waals surface area contributed by atoms with Gasteiger partial charge in [0.05, 0.1) is 2.74 Å². The molecule has 8 heavy (non-hydrogen) atoms. The van der Waals surface area contributed by atoms with Gasteiger partial charge in [-0.3, -0.25) is 0 Å². The molecule has 1 rings (SSSR count). The van der Waals surface area contributed by atoms with E-state index in [9.17, 15) is 8.78 Å². The Bertz CT molecular complexity index is 210. The summed E-state index contributed by atoms with van der Waals surface area (Å²) in [5.41, 5.74) is 0. The fourth-order valence-electron chi connectivity index (χ4n) is 0.348. The number of hydrogen-bond acceptors (Lipinski definition) is 0. The van der Waals surface area contributed by atoms with Crippen LogP contribution in [0.25, 0.3) is 0 Å². The van der Waals surface area contributed by atoms with E-state index in [2.05, 4.69) is 0 Å². The fourth-order valence-corrected chi connectivity index (χ4v) is 0.348. The molecule has 0 aromatic heterocycles. The van der Waals surface area contributed by atoms with Crippen LogP contribution in [-0.4, -0.2) is 0 Å². The van der Waals surface area contributed by atoms with Crippen molar-refractivity contribution in [3.05, 3.63) is 35.9 Å². The topological polar surface area (TPSA) is 0 Å². The Morgan fingerprint density at radius 2 is 1.50 bits per heavy atom.